The fourth-order valence-corrected chi connectivity index (χ4v) is 3.48. The van der Waals surface area contributed by atoms with Gasteiger partial charge in [-0.15, -0.1) is 0 Å². The number of ether oxygens (including phenoxy) is 1. The Morgan fingerprint density at radius 2 is 2.04 bits per heavy atom. The first-order chi connectivity index (χ1) is 11.3. The van der Waals surface area contributed by atoms with Gasteiger partial charge < -0.3 is 14.3 Å². The summed E-state index contributed by atoms with van der Waals surface area (Å²) in [6.45, 7) is 11.5. The minimum Gasteiger partial charge on any atom is -0.414 e. The zero-order valence-corrected chi connectivity index (χ0v) is 16.5. The lowest BCUT2D eigenvalue weighted by Crippen LogP contribution is -2.46. The summed E-state index contributed by atoms with van der Waals surface area (Å²) in [6, 6.07) is 1.10. The van der Waals surface area contributed by atoms with Crippen molar-refractivity contribution >= 4 is 8.32 Å². The van der Waals surface area contributed by atoms with Gasteiger partial charge in [-0.2, -0.15) is 0 Å². The van der Waals surface area contributed by atoms with Crippen LogP contribution in [0.25, 0.3) is 0 Å². The molecule has 1 fully saturated rings. The number of rotatable bonds is 4. The maximum atomic E-state index is 15.1. The quantitative estimate of drug-likeness (QED) is 0.780. The number of halogens is 1. The first-order valence-electron chi connectivity index (χ1n) is 8.25. The maximum absolute atomic E-state index is 15.1. The zero-order valence-electron chi connectivity index (χ0n) is 15.5. The zero-order chi connectivity index (χ0) is 19.2. The molecule has 0 unspecified atom stereocenters. The van der Waals surface area contributed by atoms with Crippen LogP contribution in [0, 0.1) is 0 Å². The minimum atomic E-state index is -2.20. The molecule has 7 nitrogen and oxygen atoms in total. The van der Waals surface area contributed by atoms with E-state index in [4.69, 9.17) is 9.16 Å². The lowest BCUT2D eigenvalue weighted by atomic mass is 9.98. The molecular weight excluding hydrogens is 347 g/mol. The molecule has 1 aliphatic heterocycles. The number of nitrogens with one attached hydrogen (secondary N) is 1. The number of alkyl halides is 1. The van der Waals surface area contributed by atoms with Crippen LogP contribution in [-0.4, -0.2) is 47.5 Å². The van der Waals surface area contributed by atoms with Crippen molar-refractivity contribution in [2.45, 2.75) is 69.9 Å². The molecule has 0 spiro atoms. The second-order valence-corrected chi connectivity index (χ2v) is 13.0. The third-order valence-electron chi connectivity index (χ3n) is 5.24. The monoisotopic (exact) mass is 374 g/mol. The van der Waals surface area contributed by atoms with Crippen LogP contribution in [0.2, 0.25) is 18.1 Å². The molecule has 4 atom stereocenters. The molecule has 142 valence electrons. The van der Waals surface area contributed by atoms with Crippen molar-refractivity contribution in [3.63, 3.8) is 0 Å². The van der Waals surface area contributed by atoms with Crippen molar-refractivity contribution in [2.75, 3.05) is 6.61 Å². The molecule has 0 aromatic carbocycles. The molecule has 1 aromatic rings. The van der Waals surface area contributed by atoms with Crippen molar-refractivity contribution in [1.82, 2.24) is 9.55 Å². The van der Waals surface area contributed by atoms with E-state index in [2.05, 4.69) is 25.8 Å². The molecule has 2 N–H and O–H groups in total. The van der Waals surface area contributed by atoms with Gasteiger partial charge in [0.25, 0.3) is 5.56 Å². The van der Waals surface area contributed by atoms with Gasteiger partial charge in [-0.25, -0.2) is 9.18 Å². The Morgan fingerprint density at radius 1 is 1.44 bits per heavy atom. The summed E-state index contributed by atoms with van der Waals surface area (Å²) in [4.78, 5) is 25.2. The van der Waals surface area contributed by atoms with Gasteiger partial charge in [0.1, 0.15) is 12.2 Å². The highest BCUT2D eigenvalue weighted by Crippen LogP contribution is 2.42. The van der Waals surface area contributed by atoms with Crippen LogP contribution >= 0.6 is 0 Å². The van der Waals surface area contributed by atoms with Crippen LogP contribution in [0.3, 0.4) is 0 Å². The first kappa shape index (κ1) is 20.0. The molecule has 2 heterocycles. The Bertz CT molecular complexity index is 737. The third kappa shape index (κ3) is 3.79. The van der Waals surface area contributed by atoms with Crippen LogP contribution in [0.4, 0.5) is 4.39 Å². The Kier molecular flexibility index (Phi) is 5.17. The van der Waals surface area contributed by atoms with E-state index in [1.165, 1.54) is 6.92 Å². The smallest absolute Gasteiger partial charge is 0.330 e. The summed E-state index contributed by atoms with van der Waals surface area (Å²) >= 11 is 0. The largest absolute Gasteiger partial charge is 0.414 e. The number of H-pyrrole nitrogens is 1. The summed E-state index contributed by atoms with van der Waals surface area (Å²) in [7, 11) is -2.10. The van der Waals surface area contributed by atoms with Crippen LogP contribution in [0.5, 0.6) is 0 Å². The van der Waals surface area contributed by atoms with Gasteiger partial charge in [0.2, 0.25) is 0 Å². The molecule has 0 saturated carbocycles. The van der Waals surface area contributed by atoms with Gasteiger partial charge in [-0.05, 0) is 25.1 Å². The number of aliphatic hydroxyl groups is 1. The SMILES string of the molecule is CC(C)(C)[Si](C)(C)OC[C@H]1O[C@@H](n2ccc(=O)[nH]c2=O)[C@](C)(F)[C@@H]1O. The number of hydrogen-bond donors (Lipinski definition) is 2. The van der Waals surface area contributed by atoms with E-state index in [-0.39, 0.29) is 11.6 Å². The van der Waals surface area contributed by atoms with Crippen molar-refractivity contribution in [1.29, 1.82) is 0 Å². The van der Waals surface area contributed by atoms with Gasteiger partial charge in [0.15, 0.2) is 20.2 Å². The highest BCUT2D eigenvalue weighted by atomic mass is 28.4. The predicted molar refractivity (Wildman–Crippen MR) is 93.9 cm³/mol. The molecule has 0 amide bonds. The van der Waals surface area contributed by atoms with E-state index < -0.39 is 43.7 Å². The van der Waals surface area contributed by atoms with Crippen LogP contribution < -0.4 is 11.2 Å². The molecule has 0 radical (unpaired) electrons. The molecule has 0 aliphatic carbocycles. The first-order valence-corrected chi connectivity index (χ1v) is 11.2. The molecule has 0 bridgehead atoms. The van der Waals surface area contributed by atoms with Gasteiger partial charge in [0.05, 0.1) is 6.61 Å². The van der Waals surface area contributed by atoms with Crippen molar-refractivity contribution in [3.8, 4) is 0 Å². The van der Waals surface area contributed by atoms with E-state index in [1.54, 1.807) is 0 Å². The normalized spacial score (nSPS) is 30.6. The van der Waals surface area contributed by atoms with E-state index >= 15 is 4.39 Å². The Morgan fingerprint density at radius 3 is 2.56 bits per heavy atom. The fourth-order valence-electron chi connectivity index (χ4n) is 2.47. The average Bonchev–Trinajstić information content (AvgIpc) is 2.67. The van der Waals surface area contributed by atoms with E-state index in [0.29, 0.717) is 0 Å². The Balaban J connectivity index is 2.22. The number of aromatic nitrogens is 2. The summed E-state index contributed by atoms with van der Waals surface area (Å²) < 4.78 is 27.6. The van der Waals surface area contributed by atoms with E-state index in [0.717, 1.165) is 16.8 Å². The molecule has 9 heteroatoms. The molecular formula is C16H27FN2O5Si. The number of nitrogens with zero attached hydrogens (tertiary/aromatic N) is 1. The highest BCUT2D eigenvalue weighted by molar-refractivity contribution is 6.74. The minimum absolute atomic E-state index is 0.0335. The number of aliphatic hydroxyl groups excluding tert-OH is 1. The molecule has 1 aromatic heterocycles. The topological polar surface area (TPSA) is 93.5 Å². The van der Waals surface area contributed by atoms with Gasteiger partial charge in [-0.3, -0.25) is 14.3 Å². The molecule has 2 rings (SSSR count). The average molecular weight is 374 g/mol. The molecule has 25 heavy (non-hydrogen) atoms. The highest BCUT2D eigenvalue weighted by Gasteiger charge is 2.55. The number of aromatic amines is 1. The van der Waals surface area contributed by atoms with Gasteiger partial charge in [-0.1, -0.05) is 20.8 Å². The Labute approximate surface area is 146 Å². The lowest BCUT2D eigenvalue weighted by molar-refractivity contribution is -0.0597. The van der Waals surface area contributed by atoms with Crippen molar-refractivity contribution < 1.29 is 18.7 Å². The molecule has 1 saturated heterocycles. The summed E-state index contributed by atoms with van der Waals surface area (Å²) in [5.74, 6) is 0. The summed E-state index contributed by atoms with van der Waals surface area (Å²) in [5.41, 5.74) is -3.58. The van der Waals surface area contributed by atoms with Crippen LogP contribution in [-0.2, 0) is 9.16 Å². The van der Waals surface area contributed by atoms with Crippen molar-refractivity contribution in [2.24, 2.45) is 0 Å². The van der Waals surface area contributed by atoms with E-state index in [9.17, 15) is 14.7 Å². The molecule has 1 aliphatic rings. The predicted octanol–water partition coefficient (Wildman–Crippen LogP) is 1.54. The second-order valence-electron chi connectivity index (χ2n) is 8.21. The van der Waals surface area contributed by atoms with Crippen molar-refractivity contribution in [3.05, 3.63) is 33.1 Å². The van der Waals surface area contributed by atoms with Gasteiger partial charge in [0, 0.05) is 12.3 Å². The lowest BCUT2D eigenvalue weighted by Gasteiger charge is -2.37. The second kappa shape index (κ2) is 6.46. The van der Waals surface area contributed by atoms with Crippen LogP contribution in [0.15, 0.2) is 21.9 Å². The number of hydrogen-bond acceptors (Lipinski definition) is 5. The third-order valence-corrected chi connectivity index (χ3v) is 9.74. The summed E-state index contributed by atoms with van der Waals surface area (Å²) in [5, 5.41) is 10.3. The fraction of sp³-hybridized carbons (Fsp3) is 0.750. The maximum Gasteiger partial charge on any atom is 0.330 e. The van der Waals surface area contributed by atoms with E-state index in [1.807, 2.05) is 13.1 Å². The van der Waals surface area contributed by atoms with Crippen LogP contribution in [0.1, 0.15) is 33.9 Å². The Hall–Kier alpha value is -1.29. The standard InChI is InChI=1S/C16H27FN2O5Si/c1-15(2,3)25(5,6)23-9-10-12(21)16(4,17)13(24-10)19-8-7-11(20)18-14(19)22/h7-8,10,12-13,21H,9H2,1-6H3,(H,18,20,22)/t10-,12-,13-,16-/m1/s1. The summed E-state index contributed by atoms with van der Waals surface area (Å²) in [6.07, 6.45) is -2.55. The van der Waals surface area contributed by atoms with Gasteiger partial charge >= 0.3 is 5.69 Å².